The molecule has 0 radical (unpaired) electrons. The maximum absolute atomic E-state index is 12.2. The molecule has 7 heteroatoms. The van der Waals surface area contributed by atoms with Crippen LogP contribution < -0.4 is 0 Å². The van der Waals surface area contributed by atoms with E-state index in [2.05, 4.69) is 4.98 Å². The minimum absolute atomic E-state index is 0.0234. The number of aromatic nitrogens is 1. The van der Waals surface area contributed by atoms with Gasteiger partial charge in [-0.1, -0.05) is 0 Å². The third-order valence-corrected chi connectivity index (χ3v) is 3.53. The second-order valence-corrected chi connectivity index (χ2v) is 4.64. The molecule has 0 saturated carbocycles. The van der Waals surface area contributed by atoms with Gasteiger partial charge in [0.1, 0.15) is 5.69 Å². The first-order valence-corrected chi connectivity index (χ1v) is 6.36. The lowest BCUT2D eigenvalue weighted by Crippen LogP contribution is -2.44. The van der Waals surface area contributed by atoms with Gasteiger partial charge in [0.2, 0.25) is 0 Å². The fraction of sp³-hybridized carbons (Fsp3) is 0.545. The number of rotatable bonds is 3. The minimum atomic E-state index is -0.525. The van der Waals surface area contributed by atoms with Crippen molar-refractivity contribution in [2.24, 2.45) is 0 Å². The van der Waals surface area contributed by atoms with Crippen LogP contribution in [0, 0.1) is 10.1 Å². The number of halogens is 1. The summed E-state index contributed by atoms with van der Waals surface area (Å²) in [6, 6.07) is 1.29. The third kappa shape index (κ3) is 2.48. The van der Waals surface area contributed by atoms with Crippen LogP contribution in [0.3, 0.4) is 0 Å². The molecule has 1 aliphatic rings. The van der Waals surface area contributed by atoms with Crippen molar-refractivity contribution in [2.45, 2.75) is 25.3 Å². The summed E-state index contributed by atoms with van der Waals surface area (Å²) in [5, 5.41) is 10.6. The molecule has 0 bridgehead atoms. The number of nitrogens with zero attached hydrogens (tertiary/aromatic N) is 2. The standard InChI is InChI=1S/C11H14ClN3O3/c12-6-8-3-1-2-4-14(8)11(16)10-5-9(7-13-10)15(17)18/h5,7-8,13H,1-4,6H2. The Morgan fingerprint density at radius 2 is 2.39 bits per heavy atom. The number of carbonyl (C=O) groups is 1. The largest absolute Gasteiger partial charge is 0.351 e. The van der Waals surface area contributed by atoms with Crippen LogP contribution in [0.1, 0.15) is 29.8 Å². The van der Waals surface area contributed by atoms with Gasteiger partial charge in [0.15, 0.2) is 0 Å². The van der Waals surface area contributed by atoms with Crippen LogP contribution in [0.5, 0.6) is 0 Å². The average molecular weight is 272 g/mol. The molecule has 1 aromatic heterocycles. The normalized spacial score (nSPS) is 19.8. The van der Waals surface area contributed by atoms with Gasteiger partial charge in [-0.05, 0) is 19.3 Å². The third-order valence-electron chi connectivity index (χ3n) is 3.18. The summed E-state index contributed by atoms with van der Waals surface area (Å²) in [5.41, 5.74) is 0.150. The van der Waals surface area contributed by atoms with Crippen molar-refractivity contribution in [3.8, 4) is 0 Å². The monoisotopic (exact) mass is 271 g/mol. The second-order valence-electron chi connectivity index (χ2n) is 4.33. The lowest BCUT2D eigenvalue weighted by molar-refractivity contribution is -0.384. The quantitative estimate of drug-likeness (QED) is 0.520. The number of hydrogen-bond donors (Lipinski definition) is 1. The maximum Gasteiger partial charge on any atom is 0.287 e. The van der Waals surface area contributed by atoms with E-state index < -0.39 is 4.92 Å². The highest BCUT2D eigenvalue weighted by atomic mass is 35.5. The highest BCUT2D eigenvalue weighted by Crippen LogP contribution is 2.21. The molecular weight excluding hydrogens is 258 g/mol. The fourth-order valence-corrected chi connectivity index (χ4v) is 2.52. The van der Waals surface area contributed by atoms with E-state index in [0.717, 1.165) is 19.3 Å². The molecule has 0 aliphatic carbocycles. The molecule has 1 aromatic rings. The van der Waals surface area contributed by atoms with Crippen LogP contribution in [-0.4, -0.2) is 39.2 Å². The van der Waals surface area contributed by atoms with Crippen molar-refractivity contribution in [1.29, 1.82) is 0 Å². The molecule has 18 heavy (non-hydrogen) atoms. The van der Waals surface area contributed by atoms with Gasteiger partial charge in [0.25, 0.3) is 11.6 Å². The molecule has 1 atom stereocenters. The van der Waals surface area contributed by atoms with Crippen LogP contribution in [-0.2, 0) is 0 Å². The van der Waals surface area contributed by atoms with Crippen LogP contribution in [0.25, 0.3) is 0 Å². The van der Waals surface area contributed by atoms with Crippen LogP contribution in [0.4, 0.5) is 5.69 Å². The first-order valence-electron chi connectivity index (χ1n) is 5.83. The summed E-state index contributed by atoms with van der Waals surface area (Å²) >= 11 is 5.85. The number of piperidine rings is 1. The number of nitro groups is 1. The Morgan fingerprint density at radius 3 is 3.00 bits per heavy atom. The van der Waals surface area contributed by atoms with Crippen LogP contribution >= 0.6 is 11.6 Å². The van der Waals surface area contributed by atoms with E-state index in [9.17, 15) is 14.9 Å². The van der Waals surface area contributed by atoms with Gasteiger partial charge in [-0.3, -0.25) is 14.9 Å². The molecule has 1 amide bonds. The number of hydrogen-bond acceptors (Lipinski definition) is 3. The van der Waals surface area contributed by atoms with Crippen molar-refractivity contribution >= 4 is 23.2 Å². The van der Waals surface area contributed by atoms with Crippen LogP contribution in [0.2, 0.25) is 0 Å². The molecule has 1 saturated heterocycles. The van der Waals surface area contributed by atoms with E-state index in [4.69, 9.17) is 11.6 Å². The molecule has 6 nitrogen and oxygen atoms in total. The van der Waals surface area contributed by atoms with E-state index in [-0.39, 0.29) is 23.3 Å². The Morgan fingerprint density at radius 1 is 1.61 bits per heavy atom. The van der Waals surface area contributed by atoms with E-state index >= 15 is 0 Å². The topological polar surface area (TPSA) is 79.2 Å². The number of H-pyrrole nitrogens is 1. The molecule has 0 aromatic carbocycles. The summed E-state index contributed by atoms with van der Waals surface area (Å²) in [7, 11) is 0. The Bertz CT molecular complexity index is 460. The predicted molar refractivity (Wildman–Crippen MR) is 66.8 cm³/mol. The van der Waals surface area contributed by atoms with Gasteiger partial charge in [-0.2, -0.15) is 0 Å². The van der Waals surface area contributed by atoms with Crippen molar-refractivity contribution in [1.82, 2.24) is 9.88 Å². The highest BCUT2D eigenvalue weighted by molar-refractivity contribution is 6.18. The average Bonchev–Trinajstić information content (AvgIpc) is 2.87. The summed E-state index contributed by atoms with van der Waals surface area (Å²) in [4.78, 5) is 26.6. The Kier molecular flexibility index (Phi) is 3.86. The summed E-state index contributed by atoms with van der Waals surface area (Å²) < 4.78 is 0. The zero-order valence-electron chi connectivity index (χ0n) is 9.76. The Balaban J connectivity index is 2.15. The van der Waals surface area contributed by atoms with Gasteiger partial charge in [0.05, 0.1) is 11.1 Å². The Hall–Kier alpha value is -1.56. The zero-order valence-corrected chi connectivity index (χ0v) is 10.5. The van der Waals surface area contributed by atoms with E-state index in [1.807, 2.05) is 0 Å². The molecule has 98 valence electrons. The van der Waals surface area contributed by atoms with Crippen molar-refractivity contribution in [2.75, 3.05) is 12.4 Å². The molecule has 1 fully saturated rings. The second kappa shape index (κ2) is 5.39. The number of aromatic amines is 1. The van der Waals surface area contributed by atoms with Gasteiger partial charge in [-0.25, -0.2) is 0 Å². The molecule has 2 heterocycles. The van der Waals surface area contributed by atoms with Crippen molar-refractivity contribution in [3.63, 3.8) is 0 Å². The van der Waals surface area contributed by atoms with E-state index in [1.165, 1.54) is 12.3 Å². The van der Waals surface area contributed by atoms with Gasteiger partial charge < -0.3 is 9.88 Å². The minimum Gasteiger partial charge on any atom is -0.351 e. The fourth-order valence-electron chi connectivity index (χ4n) is 2.19. The number of carbonyl (C=O) groups excluding carboxylic acids is 1. The molecule has 1 N–H and O–H groups in total. The summed E-state index contributed by atoms with van der Waals surface area (Å²) in [6.07, 6.45) is 4.12. The van der Waals surface area contributed by atoms with Crippen molar-refractivity contribution < 1.29 is 9.72 Å². The molecule has 0 spiro atoms. The molecule has 1 unspecified atom stereocenters. The first-order chi connectivity index (χ1) is 8.63. The number of likely N-dealkylation sites (tertiary alicyclic amines) is 1. The van der Waals surface area contributed by atoms with Crippen molar-refractivity contribution in [3.05, 3.63) is 28.1 Å². The van der Waals surface area contributed by atoms with E-state index in [0.29, 0.717) is 12.4 Å². The van der Waals surface area contributed by atoms with Gasteiger partial charge in [0, 0.05) is 24.5 Å². The van der Waals surface area contributed by atoms with Gasteiger partial charge in [-0.15, -0.1) is 11.6 Å². The smallest absolute Gasteiger partial charge is 0.287 e. The highest BCUT2D eigenvalue weighted by Gasteiger charge is 2.28. The SMILES string of the molecule is O=C(c1cc([N+](=O)[O-])c[nH]1)N1CCCCC1CCl. The van der Waals surface area contributed by atoms with Crippen LogP contribution in [0.15, 0.2) is 12.3 Å². The lowest BCUT2D eigenvalue weighted by Gasteiger charge is -2.34. The lowest BCUT2D eigenvalue weighted by atomic mass is 10.0. The molecular formula is C11H14ClN3O3. The maximum atomic E-state index is 12.2. The summed E-state index contributed by atoms with van der Waals surface area (Å²) in [5.74, 6) is 0.183. The zero-order chi connectivity index (χ0) is 13.1. The number of amides is 1. The Labute approximate surface area is 109 Å². The number of alkyl halides is 1. The first kappa shape index (κ1) is 12.9. The predicted octanol–water partition coefficient (Wildman–Crippen LogP) is 2.16. The number of nitrogens with one attached hydrogen (secondary N) is 1. The molecule has 1 aliphatic heterocycles. The van der Waals surface area contributed by atoms with Gasteiger partial charge >= 0.3 is 0 Å². The van der Waals surface area contributed by atoms with E-state index in [1.54, 1.807) is 4.90 Å². The summed E-state index contributed by atoms with van der Waals surface area (Å²) in [6.45, 7) is 0.656. The molecule has 2 rings (SSSR count).